The average Bonchev–Trinajstić information content (AvgIpc) is 3.44. The molecular formula is C23H20N6O4S2. The fraction of sp³-hybridized carbons (Fsp3) is 0.0870. The van der Waals surface area contributed by atoms with Gasteiger partial charge >= 0.3 is 0 Å². The molecule has 0 aliphatic heterocycles. The summed E-state index contributed by atoms with van der Waals surface area (Å²) in [5.41, 5.74) is 2.81. The van der Waals surface area contributed by atoms with E-state index in [1.807, 2.05) is 22.0 Å². The van der Waals surface area contributed by atoms with Gasteiger partial charge < -0.3 is 15.5 Å². The van der Waals surface area contributed by atoms with Crippen LogP contribution in [0.1, 0.15) is 0 Å². The Bertz CT molecular complexity index is 1600. The molecule has 2 aromatic carbocycles. The zero-order valence-electron chi connectivity index (χ0n) is 18.2. The summed E-state index contributed by atoms with van der Waals surface area (Å²) in [7, 11) is -3.71. The van der Waals surface area contributed by atoms with Gasteiger partial charge in [0, 0.05) is 36.4 Å². The Hall–Kier alpha value is -4.00. The van der Waals surface area contributed by atoms with E-state index in [-0.39, 0.29) is 29.5 Å². The van der Waals surface area contributed by atoms with Gasteiger partial charge in [-0.25, -0.2) is 28.1 Å². The van der Waals surface area contributed by atoms with Crippen LogP contribution in [0.3, 0.4) is 0 Å². The highest BCUT2D eigenvalue weighted by atomic mass is 32.2. The topological polar surface area (TPSA) is 142 Å². The van der Waals surface area contributed by atoms with Crippen LogP contribution in [0, 0.1) is 0 Å². The van der Waals surface area contributed by atoms with Crippen LogP contribution >= 0.6 is 11.3 Å². The van der Waals surface area contributed by atoms with E-state index in [1.54, 1.807) is 30.5 Å². The van der Waals surface area contributed by atoms with Crippen molar-refractivity contribution in [2.24, 2.45) is 0 Å². The number of nitrogens with one attached hydrogen (secondary N) is 2. The van der Waals surface area contributed by atoms with E-state index in [9.17, 15) is 18.6 Å². The zero-order valence-corrected chi connectivity index (χ0v) is 19.8. The molecule has 4 N–H and O–H groups in total. The number of sulfonamides is 1. The van der Waals surface area contributed by atoms with Gasteiger partial charge in [0.25, 0.3) is 0 Å². The molecule has 5 aromatic rings. The van der Waals surface area contributed by atoms with Crippen LogP contribution in [-0.2, 0) is 10.0 Å². The van der Waals surface area contributed by atoms with Crippen LogP contribution in [0.25, 0.3) is 27.6 Å². The predicted molar refractivity (Wildman–Crippen MR) is 133 cm³/mol. The fourth-order valence-electron chi connectivity index (χ4n) is 3.53. The van der Waals surface area contributed by atoms with Crippen LogP contribution in [0.5, 0.6) is 11.5 Å². The smallest absolute Gasteiger partial charge is 0.240 e. The lowest BCUT2D eigenvalue weighted by molar-refractivity contribution is 0.474. The first kappa shape index (κ1) is 22.8. The Labute approximate surface area is 204 Å². The van der Waals surface area contributed by atoms with Gasteiger partial charge in [0.05, 0.1) is 16.3 Å². The number of benzene rings is 2. The molecule has 0 aliphatic rings. The van der Waals surface area contributed by atoms with Crippen molar-refractivity contribution in [2.45, 2.75) is 4.90 Å². The quantitative estimate of drug-likeness (QED) is 0.234. The van der Waals surface area contributed by atoms with E-state index >= 15 is 0 Å². The third kappa shape index (κ3) is 4.80. The van der Waals surface area contributed by atoms with E-state index in [0.717, 1.165) is 16.2 Å². The summed E-state index contributed by atoms with van der Waals surface area (Å²) in [5, 5.41) is 24.2. The molecule has 3 heterocycles. The molecule has 0 bridgehead atoms. The lowest BCUT2D eigenvalue weighted by Crippen LogP contribution is -2.29. The van der Waals surface area contributed by atoms with Crippen LogP contribution in [0.15, 0.2) is 77.3 Å². The van der Waals surface area contributed by atoms with Crippen LogP contribution in [0.2, 0.25) is 0 Å². The molecule has 0 atom stereocenters. The van der Waals surface area contributed by atoms with Gasteiger partial charge in [0.2, 0.25) is 16.0 Å². The highest BCUT2D eigenvalue weighted by Crippen LogP contribution is 2.34. The second kappa shape index (κ2) is 9.33. The van der Waals surface area contributed by atoms with Crippen molar-refractivity contribution in [1.29, 1.82) is 0 Å². The Morgan fingerprint density at radius 2 is 1.80 bits per heavy atom. The summed E-state index contributed by atoms with van der Waals surface area (Å²) in [6.07, 6.45) is 3.52. The highest BCUT2D eigenvalue weighted by molar-refractivity contribution is 7.89. The van der Waals surface area contributed by atoms with E-state index in [2.05, 4.69) is 20.0 Å². The molecule has 0 radical (unpaired) electrons. The molecule has 178 valence electrons. The maximum absolute atomic E-state index is 12.4. The first-order chi connectivity index (χ1) is 16.9. The van der Waals surface area contributed by atoms with E-state index in [4.69, 9.17) is 4.98 Å². The van der Waals surface area contributed by atoms with Crippen molar-refractivity contribution < 1.29 is 18.6 Å². The van der Waals surface area contributed by atoms with E-state index < -0.39 is 10.0 Å². The number of aromatic nitrogens is 4. The summed E-state index contributed by atoms with van der Waals surface area (Å²) < 4.78 is 29.2. The average molecular weight is 509 g/mol. The first-order valence-electron chi connectivity index (χ1n) is 10.5. The molecule has 0 saturated heterocycles. The predicted octanol–water partition coefficient (Wildman–Crippen LogP) is 3.32. The molecule has 0 amide bonds. The first-order valence-corrected chi connectivity index (χ1v) is 12.9. The van der Waals surface area contributed by atoms with Crippen LogP contribution in [-0.4, -0.2) is 51.1 Å². The fourth-order valence-corrected chi connectivity index (χ4v) is 5.27. The normalized spacial score (nSPS) is 11.7. The molecule has 10 nitrogen and oxygen atoms in total. The Morgan fingerprint density at radius 3 is 2.60 bits per heavy atom. The molecule has 0 unspecified atom stereocenters. The van der Waals surface area contributed by atoms with Crippen LogP contribution < -0.4 is 10.0 Å². The van der Waals surface area contributed by atoms with Gasteiger partial charge in [-0.05, 0) is 42.5 Å². The summed E-state index contributed by atoms with van der Waals surface area (Å²) in [5.74, 6) is 0.468. The number of nitrogens with zero attached hydrogens (tertiary/aromatic N) is 4. The minimum atomic E-state index is -3.71. The number of phenols is 2. The standard InChI is InChI=1S/C23H20N6O4S2/c30-16-4-6-18(7-5-16)35(32,33)26-11-10-25-22-24-9-8-19(27-22)21-20(15-2-1-3-17(31)14-15)28-23-29(21)12-13-34-23/h1-9,12-14,26,30-31H,10-11H2,(H,24,25,27). The molecule has 5 rings (SSSR count). The minimum absolute atomic E-state index is 0.00668. The lowest BCUT2D eigenvalue weighted by Gasteiger charge is -2.09. The Balaban J connectivity index is 1.34. The van der Waals surface area contributed by atoms with Crippen molar-refractivity contribution in [3.63, 3.8) is 0 Å². The van der Waals surface area contributed by atoms with Gasteiger partial charge in [-0.1, -0.05) is 12.1 Å². The molecule has 0 aliphatic carbocycles. The maximum Gasteiger partial charge on any atom is 0.240 e. The largest absolute Gasteiger partial charge is 0.508 e. The molecular weight excluding hydrogens is 488 g/mol. The third-order valence-corrected chi connectivity index (χ3v) is 7.36. The van der Waals surface area contributed by atoms with E-state index in [1.165, 1.54) is 35.6 Å². The van der Waals surface area contributed by atoms with Gasteiger partial charge in [-0.15, -0.1) is 11.3 Å². The highest BCUT2D eigenvalue weighted by Gasteiger charge is 2.19. The second-order valence-corrected chi connectivity index (χ2v) is 10.1. The zero-order chi connectivity index (χ0) is 24.4. The van der Waals surface area contributed by atoms with Crippen molar-refractivity contribution in [3.05, 3.63) is 72.4 Å². The molecule has 35 heavy (non-hydrogen) atoms. The second-order valence-electron chi connectivity index (χ2n) is 7.50. The number of aromatic hydroxyl groups is 2. The molecule has 0 spiro atoms. The minimum Gasteiger partial charge on any atom is -0.508 e. The van der Waals surface area contributed by atoms with Gasteiger partial charge in [-0.2, -0.15) is 0 Å². The lowest BCUT2D eigenvalue weighted by atomic mass is 10.1. The summed E-state index contributed by atoms with van der Waals surface area (Å²) in [6.45, 7) is 0.354. The Morgan fingerprint density at radius 1 is 0.971 bits per heavy atom. The van der Waals surface area contributed by atoms with Crippen LogP contribution in [0.4, 0.5) is 5.95 Å². The Kier molecular flexibility index (Phi) is 6.07. The molecule has 0 saturated carbocycles. The molecule has 3 aromatic heterocycles. The number of imidazole rings is 1. The number of phenolic OH excluding ortho intramolecular Hbond substituents is 2. The summed E-state index contributed by atoms with van der Waals surface area (Å²) in [6, 6.07) is 13.9. The van der Waals surface area contributed by atoms with Crippen molar-refractivity contribution in [3.8, 4) is 34.1 Å². The van der Waals surface area contributed by atoms with Gasteiger partial charge in [0.15, 0.2) is 4.96 Å². The number of rotatable bonds is 8. The summed E-state index contributed by atoms with van der Waals surface area (Å²) in [4.78, 5) is 14.4. The number of fused-ring (bicyclic) bond motifs is 1. The number of thiazole rings is 1. The van der Waals surface area contributed by atoms with Gasteiger partial charge in [-0.3, -0.25) is 4.40 Å². The summed E-state index contributed by atoms with van der Waals surface area (Å²) >= 11 is 1.49. The number of anilines is 1. The van der Waals surface area contributed by atoms with Gasteiger partial charge in [0.1, 0.15) is 17.2 Å². The maximum atomic E-state index is 12.4. The monoisotopic (exact) mass is 508 g/mol. The SMILES string of the molecule is O=S(=O)(NCCNc1nccc(-c2c(-c3cccc(O)c3)nc3sccn23)n1)c1ccc(O)cc1. The molecule has 0 fully saturated rings. The van der Waals surface area contributed by atoms with Crippen molar-refractivity contribution >= 4 is 32.3 Å². The third-order valence-electron chi connectivity index (χ3n) is 5.13. The molecule has 12 heteroatoms. The van der Waals surface area contributed by atoms with Crippen molar-refractivity contribution in [1.82, 2.24) is 24.1 Å². The number of hydrogen-bond acceptors (Lipinski definition) is 9. The van der Waals surface area contributed by atoms with E-state index in [0.29, 0.717) is 17.3 Å². The number of hydrogen-bond donors (Lipinski definition) is 4. The van der Waals surface area contributed by atoms with Crippen molar-refractivity contribution in [2.75, 3.05) is 18.4 Å².